The standard InChI is InChI=1S/C60H36N4S/c1-3-14-39-32-43(26-24-37(39)12-1)51-36-52(44-27-25-38-13-2-4-15-40(38)33-44)62-60(61-51)64-54-21-9-6-17-46(54)50-35-42(29-31-56(50)64)41-28-30-55-49(34-41)45-16-5-8-20-53(45)63(55)57-22-11-19-48-47-18-7-10-23-58(47)65-59(48)57/h1-36H. The molecule has 0 bridgehead atoms. The lowest BCUT2D eigenvalue weighted by Crippen LogP contribution is -2.04. The molecule has 0 spiro atoms. The van der Waals surface area contributed by atoms with Crippen molar-refractivity contribution in [3.63, 3.8) is 0 Å². The minimum atomic E-state index is 0.639. The summed E-state index contributed by atoms with van der Waals surface area (Å²) in [5.74, 6) is 0.639. The minimum absolute atomic E-state index is 0.639. The highest BCUT2D eigenvalue weighted by atomic mass is 32.1. The third-order valence-electron chi connectivity index (χ3n) is 13.3. The summed E-state index contributed by atoms with van der Waals surface area (Å²) in [6.07, 6.45) is 0. The summed E-state index contributed by atoms with van der Waals surface area (Å²) in [5, 5.41) is 12.2. The number of para-hydroxylation sites is 2. The molecule has 4 nitrogen and oxygen atoms in total. The van der Waals surface area contributed by atoms with Crippen LogP contribution in [0.2, 0.25) is 0 Å². The Morgan fingerprint density at radius 1 is 0.308 bits per heavy atom. The highest BCUT2D eigenvalue weighted by molar-refractivity contribution is 7.26. The zero-order chi connectivity index (χ0) is 42.6. The van der Waals surface area contributed by atoms with Crippen LogP contribution >= 0.6 is 11.3 Å². The van der Waals surface area contributed by atoms with Crippen molar-refractivity contribution in [3.8, 4) is 45.3 Å². The molecule has 5 heteroatoms. The Kier molecular flexibility index (Phi) is 7.82. The second-order valence-electron chi connectivity index (χ2n) is 17.0. The van der Waals surface area contributed by atoms with E-state index < -0.39 is 0 Å². The lowest BCUT2D eigenvalue weighted by Gasteiger charge is -2.13. The van der Waals surface area contributed by atoms with Crippen molar-refractivity contribution in [1.29, 1.82) is 0 Å². The Labute approximate surface area is 377 Å². The topological polar surface area (TPSA) is 35.6 Å². The van der Waals surface area contributed by atoms with Crippen LogP contribution in [-0.4, -0.2) is 19.1 Å². The van der Waals surface area contributed by atoms with E-state index in [1.807, 2.05) is 11.3 Å². The molecule has 0 fully saturated rings. The van der Waals surface area contributed by atoms with Gasteiger partial charge in [-0.15, -0.1) is 11.3 Å². The van der Waals surface area contributed by atoms with Crippen LogP contribution in [-0.2, 0) is 0 Å². The van der Waals surface area contributed by atoms with Gasteiger partial charge in [0.2, 0.25) is 5.95 Å². The van der Waals surface area contributed by atoms with Crippen molar-refractivity contribution in [2.45, 2.75) is 0 Å². The van der Waals surface area contributed by atoms with Crippen molar-refractivity contribution in [3.05, 3.63) is 218 Å². The van der Waals surface area contributed by atoms with Gasteiger partial charge in [0.25, 0.3) is 0 Å². The van der Waals surface area contributed by atoms with E-state index in [4.69, 9.17) is 9.97 Å². The van der Waals surface area contributed by atoms with E-state index in [2.05, 4.69) is 228 Å². The number of thiophene rings is 1. The van der Waals surface area contributed by atoms with Gasteiger partial charge in [-0.25, -0.2) is 9.97 Å². The van der Waals surface area contributed by atoms with Crippen LogP contribution in [0, 0.1) is 0 Å². The van der Waals surface area contributed by atoms with Crippen molar-refractivity contribution < 1.29 is 0 Å². The van der Waals surface area contributed by atoms with Gasteiger partial charge in [0.05, 0.1) is 43.8 Å². The molecule has 4 heterocycles. The first-order valence-corrected chi connectivity index (χ1v) is 22.9. The van der Waals surface area contributed by atoms with Gasteiger partial charge in [0.15, 0.2) is 0 Å². The molecule has 4 aromatic heterocycles. The average Bonchev–Trinajstić information content (AvgIpc) is 4.03. The summed E-state index contributed by atoms with van der Waals surface area (Å²) in [6, 6.07) is 79.1. The van der Waals surface area contributed by atoms with E-state index >= 15 is 0 Å². The molecule has 0 amide bonds. The summed E-state index contributed by atoms with van der Waals surface area (Å²) in [6.45, 7) is 0. The van der Waals surface area contributed by atoms with Gasteiger partial charge in [0.1, 0.15) is 0 Å². The average molecular weight is 845 g/mol. The lowest BCUT2D eigenvalue weighted by atomic mass is 10.0. The summed E-state index contributed by atoms with van der Waals surface area (Å²) in [7, 11) is 0. The second kappa shape index (κ2) is 14.1. The molecule has 0 atom stereocenters. The van der Waals surface area contributed by atoms with E-state index in [1.54, 1.807) is 0 Å². The first-order chi connectivity index (χ1) is 32.2. The molecule has 10 aromatic carbocycles. The quantitative estimate of drug-likeness (QED) is 0.173. The fraction of sp³-hybridized carbons (Fsp3) is 0. The molecular formula is C60H36N4S. The highest BCUT2D eigenvalue weighted by Crippen LogP contribution is 2.43. The van der Waals surface area contributed by atoms with Crippen LogP contribution < -0.4 is 0 Å². The Bertz CT molecular complexity index is 4170. The van der Waals surface area contributed by atoms with Gasteiger partial charge in [-0.1, -0.05) is 152 Å². The van der Waals surface area contributed by atoms with Gasteiger partial charge < -0.3 is 4.57 Å². The molecule has 0 unspecified atom stereocenters. The Morgan fingerprint density at radius 2 is 0.785 bits per heavy atom. The van der Waals surface area contributed by atoms with Gasteiger partial charge in [-0.05, 0) is 99.4 Å². The van der Waals surface area contributed by atoms with Crippen molar-refractivity contribution >= 4 is 96.7 Å². The molecule has 14 aromatic rings. The fourth-order valence-corrected chi connectivity index (χ4v) is 11.4. The summed E-state index contributed by atoms with van der Waals surface area (Å²) in [4.78, 5) is 10.8. The predicted molar refractivity (Wildman–Crippen MR) is 275 cm³/mol. The molecule has 0 saturated carbocycles. The molecule has 14 rings (SSSR count). The summed E-state index contributed by atoms with van der Waals surface area (Å²) < 4.78 is 7.32. The zero-order valence-corrected chi connectivity index (χ0v) is 35.8. The maximum absolute atomic E-state index is 5.39. The number of benzene rings is 10. The van der Waals surface area contributed by atoms with E-state index in [0.29, 0.717) is 5.95 Å². The largest absolute Gasteiger partial charge is 0.308 e. The van der Waals surface area contributed by atoms with E-state index in [1.165, 1.54) is 74.8 Å². The Morgan fingerprint density at radius 3 is 1.42 bits per heavy atom. The predicted octanol–water partition coefficient (Wildman–Crippen LogP) is 16.3. The molecule has 0 aliphatic rings. The van der Waals surface area contributed by atoms with E-state index in [9.17, 15) is 0 Å². The van der Waals surface area contributed by atoms with Crippen LogP contribution in [0.1, 0.15) is 0 Å². The maximum Gasteiger partial charge on any atom is 0.235 e. The van der Waals surface area contributed by atoms with Crippen LogP contribution in [0.4, 0.5) is 0 Å². The number of rotatable bonds is 5. The number of fused-ring (bicyclic) bond motifs is 11. The van der Waals surface area contributed by atoms with E-state index in [-0.39, 0.29) is 0 Å². The first kappa shape index (κ1) is 36.1. The Hall–Kier alpha value is -8.38. The first-order valence-electron chi connectivity index (χ1n) is 22.1. The normalized spacial score (nSPS) is 12.0. The molecule has 0 aliphatic heterocycles. The maximum atomic E-state index is 5.39. The molecule has 0 N–H and O–H groups in total. The summed E-state index contributed by atoms with van der Waals surface area (Å²) >= 11 is 1.87. The Balaban J connectivity index is 0.947. The molecule has 0 aliphatic carbocycles. The van der Waals surface area contributed by atoms with Crippen LogP contribution in [0.3, 0.4) is 0 Å². The van der Waals surface area contributed by atoms with Crippen molar-refractivity contribution in [1.82, 2.24) is 19.1 Å². The highest BCUT2D eigenvalue weighted by Gasteiger charge is 2.20. The van der Waals surface area contributed by atoms with Gasteiger partial charge >= 0.3 is 0 Å². The van der Waals surface area contributed by atoms with Gasteiger partial charge in [-0.2, -0.15) is 0 Å². The SMILES string of the molecule is c1ccc2cc(-c3cc(-c4ccc5ccccc5c4)nc(-n4c5ccccc5c5cc(-c6ccc7c(c6)c6ccccc6n7-c6cccc7c6sc6ccccc67)ccc54)n3)ccc2c1. The van der Waals surface area contributed by atoms with Crippen LogP contribution in [0.15, 0.2) is 218 Å². The third-order valence-corrected chi connectivity index (χ3v) is 14.5. The van der Waals surface area contributed by atoms with Gasteiger partial charge in [-0.3, -0.25) is 4.57 Å². The molecular weight excluding hydrogens is 809 g/mol. The number of nitrogens with zero attached hydrogens (tertiary/aromatic N) is 4. The number of hydrogen-bond acceptors (Lipinski definition) is 3. The number of aromatic nitrogens is 4. The second-order valence-corrected chi connectivity index (χ2v) is 18.0. The number of hydrogen-bond donors (Lipinski definition) is 0. The zero-order valence-electron chi connectivity index (χ0n) is 35.0. The van der Waals surface area contributed by atoms with Crippen molar-refractivity contribution in [2.75, 3.05) is 0 Å². The third kappa shape index (κ3) is 5.62. The summed E-state index contributed by atoms with van der Waals surface area (Å²) in [5.41, 5.74) is 11.9. The van der Waals surface area contributed by atoms with Crippen molar-refractivity contribution in [2.24, 2.45) is 0 Å². The lowest BCUT2D eigenvalue weighted by molar-refractivity contribution is 0.996. The molecule has 302 valence electrons. The van der Waals surface area contributed by atoms with E-state index in [0.717, 1.165) is 49.9 Å². The fourth-order valence-electron chi connectivity index (χ4n) is 10.2. The van der Waals surface area contributed by atoms with Crippen LogP contribution in [0.25, 0.3) is 131 Å². The molecule has 65 heavy (non-hydrogen) atoms. The molecule has 0 saturated heterocycles. The minimum Gasteiger partial charge on any atom is -0.308 e. The monoisotopic (exact) mass is 844 g/mol. The van der Waals surface area contributed by atoms with Crippen LogP contribution in [0.5, 0.6) is 0 Å². The smallest absolute Gasteiger partial charge is 0.235 e. The van der Waals surface area contributed by atoms with Gasteiger partial charge in [0, 0.05) is 48.1 Å². The molecule has 0 radical (unpaired) electrons.